The SMILES string of the molecule is CC(NCc1cccc(F)c1)c1ccc(F)c(F)c1. The molecule has 0 bridgehead atoms. The second kappa shape index (κ2) is 5.89. The summed E-state index contributed by atoms with van der Waals surface area (Å²) in [5.41, 5.74) is 1.45. The maximum absolute atomic E-state index is 13.1. The van der Waals surface area contributed by atoms with Crippen molar-refractivity contribution in [3.63, 3.8) is 0 Å². The number of hydrogen-bond acceptors (Lipinski definition) is 1. The van der Waals surface area contributed by atoms with Gasteiger partial charge in [0.05, 0.1) is 0 Å². The summed E-state index contributed by atoms with van der Waals surface area (Å²) >= 11 is 0. The molecule has 0 amide bonds. The molecular formula is C15H14F3N. The molecule has 4 heteroatoms. The molecular weight excluding hydrogens is 251 g/mol. The van der Waals surface area contributed by atoms with Crippen molar-refractivity contribution in [3.05, 3.63) is 71.0 Å². The van der Waals surface area contributed by atoms with Crippen LogP contribution < -0.4 is 5.32 Å². The van der Waals surface area contributed by atoms with E-state index in [4.69, 9.17) is 0 Å². The summed E-state index contributed by atoms with van der Waals surface area (Å²) in [6.07, 6.45) is 0. The fourth-order valence-corrected chi connectivity index (χ4v) is 1.82. The molecule has 2 aromatic carbocycles. The van der Waals surface area contributed by atoms with Gasteiger partial charge in [0.25, 0.3) is 0 Å². The first-order chi connectivity index (χ1) is 9.06. The molecule has 0 aliphatic heterocycles. The van der Waals surface area contributed by atoms with E-state index in [1.165, 1.54) is 24.3 Å². The van der Waals surface area contributed by atoms with Crippen molar-refractivity contribution in [3.8, 4) is 0 Å². The predicted molar refractivity (Wildman–Crippen MR) is 68.0 cm³/mol. The summed E-state index contributed by atoms with van der Waals surface area (Å²) in [5.74, 6) is -2.02. The lowest BCUT2D eigenvalue weighted by atomic mass is 10.1. The zero-order valence-electron chi connectivity index (χ0n) is 10.5. The van der Waals surface area contributed by atoms with E-state index < -0.39 is 11.6 Å². The van der Waals surface area contributed by atoms with E-state index in [2.05, 4.69) is 5.32 Å². The molecule has 2 aromatic rings. The normalized spacial score (nSPS) is 12.4. The Morgan fingerprint density at radius 3 is 2.47 bits per heavy atom. The lowest BCUT2D eigenvalue weighted by Gasteiger charge is -2.14. The first kappa shape index (κ1) is 13.6. The minimum absolute atomic E-state index is 0.154. The molecule has 2 rings (SSSR count). The summed E-state index contributed by atoms with van der Waals surface area (Å²) in [4.78, 5) is 0. The Kier molecular flexibility index (Phi) is 4.22. The first-order valence-corrected chi connectivity index (χ1v) is 5.99. The number of halogens is 3. The summed E-state index contributed by atoms with van der Waals surface area (Å²) < 4.78 is 38.9. The van der Waals surface area contributed by atoms with E-state index in [0.29, 0.717) is 12.1 Å². The van der Waals surface area contributed by atoms with Crippen molar-refractivity contribution in [2.75, 3.05) is 0 Å². The molecule has 1 unspecified atom stereocenters. The number of nitrogens with one attached hydrogen (secondary N) is 1. The molecule has 0 saturated heterocycles. The van der Waals surface area contributed by atoms with Crippen LogP contribution in [-0.4, -0.2) is 0 Å². The van der Waals surface area contributed by atoms with Gasteiger partial charge in [-0.15, -0.1) is 0 Å². The van der Waals surface area contributed by atoms with Gasteiger partial charge in [-0.25, -0.2) is 13.2 Å². The van der Waals surface area contributed by atoms with Crippen molar-refractivity contribution in [2.24, 2.45) is 0 Å². The third-order valence-electron chi connectivity index (χ3n) is 2.95. The summed E-state index contributed by atoms with van der Waals surface area (Å²) in [6.45, 7) is 2.30. The molecule has 1 atom stereocenters. The molecule has 0 aromatic heterocycles. The summed E-state index contributed by atoms with van der Waals surface area (Å²) in [5, 5.41) is 3.13. The third-order valence-corrected chi connectivity index (χ3v) is 2.95. The van der Waals surface area contributed by atoms with E-state index in [0.717, 1.165) is 11.6 Å². The Morgan fingerprint density at radius 1 is 1.00 bits per heavy atom. The first-order valence-electron chi connectivity index (χ1n) is 5.99. The van der Waals surface area contributed by atoms with Crippen molar-refractivity contribution in [1.29, 1.82) is 0 Å². The van der Waals surface area contributed by atoms with Gasteiger partial charge in [-0.05, 0) is 42.3 Å². The van der Waals surface area contributed by atoms with Crippen molar-refractivity contribution in [2.45, 2.75) is 19.5 Å². The van der Waals surface area contributed by atoms with Gasteiger partial charge < -0.3 is 5.32 Å². The quantitative estimate of drug-likeness (QED) is 0.882. The summed E-state index contributed by atoms with van der Waals surface area (Å²) in [7, 11) is 0. The van der Waals surface area contributed by atoms with Crippen molar-refractivity contribution in [1.82, 2.24) is 5.32 Å². The van der Waals surface area contributed by atoms with Crippen LogP contribution in [0.5, 0.6) is 0 Å². The maximum atomic E-state index is 13.1. The average Bonchev–Trinajstić information content (AvgIpc) is 2.39. The van der Waals surface area contributed by atoms with Crippen LogP contribution in [-0.2, 0) is 6.54 Å². The maximum Gasteiger partial charge on any atom is 0.159 e. The zero-order valence-corrected chi connectivity index (χ0v) is 10.5. The molecule has 0 fully saturated rings. The largest absolute Gasteiger partial charge is 0.306 e. The van der Waals surface area contributed by atoms with Gasteiger partial charge in [0, 0.05) is 12.6 Å². The van der Waals surface area contributed by atoms with Gasteiger partial charge >= 0.3 is 0 Å². The summed E-state index contributed by atoms with van der Waals surface area (Å²) in [6, 6.07) is 9.89. The van der Waals surface area contributed by atoms with Crippen LogP contribution >= 0.6 is 0 Å². The van der Waals surface area contributed by atoms with E-state index in [1.54, 1.807) is 12.1 Å². The lowest BCUT2D eigenvalue weighted by molar-refractivity contribution is 0.500. The number of rotatable bonds is 4. The van der Waals surface area contributed by atoms with Crippen LogP contribution in [0.4, 0.5) is 13.2 Å². The van der Waals surface area contributed by atoms with Crippen LogP contribution in [0.3, 0.4) is 0 Å². The number of benzene rings is 2. The van der Waals surface area contributed by atoms with Crippen LogP contribution in [0.1, 0.15) is 24.1 Å². The van der Waals surface area contributed by atoms with E-state index in [-0.39, 0.29) is 11.9 Å². The smallest absolute Gasteiger partial charge is 0.159 e. The molecule has 1 N–H and O–H groups in total. The van der Waals surface area contributed by atoms with Crippen molar-refractivity contribution < 1.29 is 13.2 Å². The molecule has 1 nitrogen and oxygen atoms in total. The molecule has 0 spiro atoms. The topological polar surface area (TPSA) is 12.0 Å². The van der Waals surface area contributed by atoms with Crippen LogP contribution in [0.2, 0.25) is 0 Å². The highest BCUT2D eigenvalue weighted by molar-refractivity contribution is 5.21. The second-order valence-corrected chi connectivity index (χ2v) is 4.41. The molecule has 0 aliphatic rings. The van der Waals surface area contributed by atoms with Crippen LogP contribution in [0, 0.1) is 17.5 Å². The van der Waals surface area contributed by atoms with Crippen LogP contribution in [0.15, 0.2) is 42.5 Å². The van der Waals surface area contributed by atoms with Gasteiger partial charge in [-0.2, -0.15) is 0 Å². The standard InChI is InChI=1S/C15H14F3N/c1-10(12-5-6-14(17)15(18)8-12)19-9-11-3-2-4-13(16)7-11/h2-8,10,19H,9H2,1H3. The Hall–Kier alpha value is -1.81. The third kappa shape index (κ3) is 3.58. The molecule has 0 saturated carbocycles. The van der Waals surface area contributed by atoms with E-state index in [9.17, 15) is 13.2 Å². The molecule has 0 aliphatic carbocycles. The minimum Gasteiger partial charge on any atom is -0.306 e. The Labute approximate surface area is 110 Å². The highest BCUT2D eigenvalue weighted by atomic mass is 19.2. The fourth-order valence-electron chi connectivity index (χ4n) is 1.82. The van der Waals surface area contributed by atoms with Gasteiger partial charge in [-0.3, -0.25) is 0 Å². The minimum atomic E-state index is -0.864. The van der Waals surface area contributed by atoms with E-state index in [1.807, 2.05) is 6.92 Å². The Morgan fingerprint density at radius 2 is 1.79 bits per heavy atom. The van der Waals surface area contributed by atoms with Gasteiger partial charge in [0.1, 0.15) is 5.82 Å². The van der Waals surface area contributed by atoms with Crippen molar-refractivity contribution >= 4 is 0 Å². The molecule has 100 valence electrons. The predicted octanol–water partition coefficient (Wildman–Crippen LogP) is 3.95. The van der Waals surface area contributed by atoms with Gasteiger partial charge in [0.15, 0.2) is 11.6 Å². The fraction of sp³-hybridized carbons (Fsp3) is 0.200. The highest BCUT2D eigenvalue weighted by Crippen LogP contribution is 2.16. The Bertz CT molecular complexity index is 569. The lowest BCUT2D eigenvalue weighted by Crippen LogP contribution is -2.18. The zero-order chi connectivity index (χ0) is 13.8. The average molecular weight is 265 g/mol. The van der Waals surface area contributed by atoms with E-state index >= 15 is 0 Å². The Balaban J connectivity index is 2.01. The second-order valence-electron chi connectivity index (χ2n) is 4.41. The molecule has 0 radical (unpaired) electrons. The monoisotopic (exact) mass is 265 g/mol. The molecule has 0 heterocycles. The highest BCUT2D eigenvalue weighted by Gasteiger charge is 2.08. The van der Waals surface area contributed by atoms with Crippen LogP contribution in [0.25, 0.3) is 0 Å². The molecule has 19 heavy (non-hydrogen) atoms. The van der Waals surface area contributed by atoms with Gasteiger partial charge in [0.2, 0.25) is 0 Å². The van der Waals surface area contributed by atoms with Gasteiger partial charge in [-0.1, -0.05) is 18.2 Å². The number of hydrogen-bond donors (Lipinski definition) is 1.